The second kappa shape index (κ2) is 7.41. The fraction of sp³-hybridized carbons (Fsp3) is 0.211. The molecule has 25 heavy (non-hydrogen) atoms. The third-order valence-corrected chi connectivity index (χ3v) is 5.04. The summed E-state index contributed by atoms with van der Waals surface area (Å²) in [5.74, 6) is -1.75. The van der Waals surface area contributed by atoms with Crippen molar-refractivity contribution in [2.45, 2.75) is 19.4 Å². The van der Waals surface area contributed by atoms with Gasteiger partial charge < -0.3 is 9.15 Å². The molecule has 2 atom stereocenters. The van der Waals surface area contributed by atoms with E-state index >= 15 is 0 Å². The van der Waals surface area contributed by atoms with Crippen molar-refractivity contribution in [1.82, 2.24) is 0 Å². The van der Waals surface area contributed by atoms with Crippen LogP contribution in [0.25, 0.3) is 0 Å². The maximum Gasteiger partial charge on any atom is 0.335 e. The van der Waals surface area contributed by atoms with Gasteiger partial charge in [0, 0.05) is 5.92 Å². The van der Waals surface area contributed by atoms with Gasteiger partial charge >= 0.3 is 5.97 Å². The lowest BCUT2D eigenvalue weighted by Crippen LogP contribution is -2.29. The number of thioether (sulfide) groups is 1. The van der Waals surface area contributed by atoms with Crippen LogP contribution in [0.5, 0.6) is 0 Å². The van der Waals surface area contributed by atoms with Gasteiger partial charge in [-0.3, -0.25) is 5.41 Å². The molecule has 0 saturated heterocycles. The highest BCUT2D eigenvalue weighted by atomic mass is 32.2. The van der Waals surface area contributed by atoms with Crippen LogP contribution in [0, 0.1) is 22.7 Å². The van der Waals surface area contributed by atoms with Gasteiger partial charge in [-0.15, -0.1) is 0 Å². The van der Waals surface area contributed by atoms with Gasteiger partial charge in [-0.25, -0.2) is 4.79 Å². The summed E-state index contributed by atoms with van der Waals surface area (Å²) in [6.45, 7) is 1.94. The van der Waals surface area contributed by atoms with Gasteiger partial charge in [0.25, 0.3) is 0 Å². The first-order valence-electron chi connectivity index (χ1n) is 7.71. The van der Waals surface area contributed by atoms with Crippen molar-refractivity contribution in [3.63, 3.8) is 0 Å². The van der Waals surface area contributed by atoms with E-state index in [2.05, 4.69) is 6.07 Å². The number of benzene rings is 1. The fourth-order valence-electron chi connectivity index (χ4n) is 2.84. The number of allylic oxidation sites excluding steroid dienone is 1. The molecule has 0 aliphatic carbocycles. The predicted molar refractivity (Wildman–Crippen MR) is 94.8 cm³/mol. The second-order valence-electron chi connectivity index (χ2n) is 5.64. The largest absolute Gasteiger partial charge is 0.472 e. The average molecular weight is 352 g/mol. The van der Waals surface area contributed by atoms with E-state index in [0.717, 1.165) is 17.3 Å². The number of nitrogens with one attached hydrogen (secondary N) is 1. The lowest BCUT2D eigenvalue weighted by Gasteiger charge is -2.29. The minimum atomic E-state index is -0.731. The molecule has 2 heterocycles. The lowest BCUT2D eigenvalue weighted by molar-refractivity contribution is -0.140. The summed E-state index contributed by atoms with van der Waals surface area (Å²) < 4.78 is 10.6. The van der Waals surface area contributed by atoms with Gasteiger partial charge in [0.05, 0.1) is 29.2 Å². The van der Waals surface area contributed by atoms with E-state index in [9.17, 15) is 10.1 Å². The van der Waals surface area contributed by atoms with Gasteiger partial charge in [0.2, 0.25) is 0 Å². The zero-order valence-electron chi connectivity index (χ0n) is 13.6. The minimum absolute atomic E-state index is 0.161. The highest BCUT2D eigenvalue weighted by Gasteiger charge is 2.40. The highest BCUT2D eigenvalue weighted by molar-refractivity contribution is 8.17. The summed E-state index contributed by atoms with van der Waals surface area (Å²) in [6, 6.07) is 13.3. The van der Waals surface area contributed by atoms with Gasteiger partial charge in [-0.1, -0.05) is 42.1 Å². The van der Waals surface area contributed by atoms with Crippen LogP contribution < -0.4 is 0 Å². The first-order chi connectivity index (χ1) is 12.1. The van der Waals surface area contributed by atoms with Crippen LogP contribution in [-0.2, 0) is 16.1 Å². The number of hydrogen-bond acceptors (Lipinski definition) is 6. The molecule has 1 aromatic carbocycles. The molecule has 0 spiro atoms. The number of hydrogen-bond donors (Lipinski definition) is 1. The monoisotopic (exact) mass is 352 g/mol. The number of carbonyl (C=O) groups is 1. The van der Waals surface area contributed by atoms with Crippen molar-refractivity contribution in [3.8, 4) is 6.07 Å². The third-order valence-electron chi connectivity index (χ3n) is 4.04. The molecule has 0 amide bonds. The van der Waals surface area contributed by atoms with E-state index in [-0.39, 0.29) is 11.7 Å². The van der Waals surface area contributed by atoms with E-state index < -0.39 is 17.8 Å². The quantitative estimate of drug-likeness (QED) is 0.831. The highest BCUT2D eigenvalue weighted by Crippen LogP contribution is 2.45. The number of furan rings is 1. The standard InChI is InChI=1S/C19H16N2O3S/c1-12-16(19(22)24-10-13-5-3-2-4-6-13)17(14-7-8-23-11-14)15(9-20)18(21)25-12/h2-8,11,15,17,21H,10H2,1H3/t15-,17+/m1/s1. The summed E-state index contributed by atoms with van der Waals surface area (Å²) in [6.07, 6.45) is 3.01. The fourth-order valence-corrected chi connectivity index (χ4v) is 3.80. The molecule has 0 saturated carbocycles. The van der Waals surface area contributed by atoms with Crippen molar-refractivity contribution in [3.05, 3.63) is 70.5 Å². The molecule has 0 bridgehead atoms. The number of ether oxygens (including phenoxy) is 1. The lowest BCUT2D eigenvalue weighted by atomic mass is 9.82. The number of nitriles is 1. The van der Waals surface area contributed by atoms with E-state index in [1.54, 1.807) is 13.0 Å². The first-order valence-corrected chi connectivity index (χ1v) is 8.53. The maximum absolute atomic E-state index is 12.8. The first kappa shape index (κ1) is 17.1. The Kier molecular flexibility index (Phi) is 5.05. The molecule has 0 radical (unpaired) electrons. The summed E-state index contributed by atoms with van der Waals surface area (Å²) in [4.78, 5) is 13.4. The number of esters is 1. The van der Waals surface area contributed by atoms with Gasteiger partial charge in [0.15, 0.2) is 0 Å². The topological polar surface area (TPSA) is 87.1 Å². The van der Waals surface area contributed by atoms with Crippen LogP contribution in [0.2, 0.25) is 0 Å². The normalized spacial score (nSPS) is 20.2. The molecular formula is C19H16N2O3S. The van der Waals surface area contributed by atoms with Crippen LogP contribution in [0.1, 0.15) is 24.0 Å². The minimum Gasteiger partial charge on any atom is -0.472 e. The molecule has 1 aliphatic heterocycles. The average Bonchev–Trinajstić information content (AvgIpc) is 3.14. The number of rotatable bonds is 4. The molecule has 0 fully saturated rings. The molecule has 2 aromatic rings. The van der Waals surface area contributed by atoms with Crippen LogP contribution in [-0.4, -0.2) is 11.0 Å². The molecular weight excluding hydrogens is 336 g/mol. The van der Waals surface area contributed by atoms with E-state index in [1.807, 2.05) is 30.3 Å². The molecule has 1 aliphatic rings. The zero-order valence-corrected chi connectivity index (χ0v) is 14.4. The van der Waals surface area contributed by atoms with Crippen molar-refractivity contribution in [1.29, 1.82) is 10.7 Å². The van der Waals surface area contributed by atoms with Crippen LogP contribution in [0.15, 0.2) is 63.8 Å². The van der Waals surface area contributed by atoms with E-state index in [0.29, 0.717) is 16.0 Å². The third kappa shape index (κ3) is 3.52. The van der Waals surface area contributed by atoms with Crippen molar-refractivity contribution >= 4 is 22.8 Å². The second-order valence-corrected chi connectivity index (χ2v) is 6.90. The molecule has 126 valence electrons. The Labute approximate surface area is 149 Å². The van der Waals surface area contributed by atoms with Gasteiger partial charge in [0.1, 0.15) is 12.5 Å². The Morgan fingerprint density at radius 2 is 2.12 bits per heavy atom. The Hall–Kier alpha value is -2.78. The zero-order chi connectivity index (χ0) is 17.8. The Morgan fingerprint density at radius 3 is 2.76 bits per heavy atom. The Bertz CT molecular complexity index is 851. The van der Waals surface area contributed by atoms with Crippen LogP contribution in [0.3, 0.4) is 0 Å². The van der Waals surface area contributed by atoms with E-state index in [1.165, 1.54) is 12.5 Å². The van der Waals surface area contributed by atoms with E-state index in [4.69, 9.17) is 14.6 Å². The Balaban J connectivity index is 1.90. The smallest absolute Gasteiger partial charge is 0.335 e. The maximum atomic E-state index is 12.8. The summed E-state index contributed by atoms with van der Waals surface area (Å²) in [7, 11) is 0. The predicted octanol–water partition coefficient (Wildman–Crippen LogP) is 4.24. The van der Waals surface area contributed by atoms with Crippen molar-refractivity contribution in [2.24, 2.45) is 5.92 Å². The number of carbonyl (C=O) groups excluding carboxylic acids is 1. The molecule has 0 unspecified atom stereocenters. The van der Waals surface area contributed by atoms with Crippen molar-refractivity contribution in [2.75, 3.05) is 0 Å². The van der Waals surface area contributed by atoms with Crippen LogP contribution in [0.4, 0.5) is 0 Å². The molecule has 1 N–H and O–H groups in total. The summed E-state index contributed by atoms with van der Waals surface area (Å²) >= 11 is 1.14. The van der Waals surface area contributed by atoms with Gasteiger partial charge in [-0.05, 0) is 29.0 Å². The van der Waals surface area contributed by atoms with Gasteiger partial charge in [-0.2, -0.15) is 5.26 Å². The number of nitrogens with zero attached hydrogens (tertiary/aromatic N) is 1. The summed E-state index contributed by atoms with van der Waals surface area (Å²) in [5.41, 5.74) is 2.01. The molecule has 5 nitrogen and oxygen atoms in total. The molecule has 3 rings (SSSR count). The Morgan fingerprint density at radius 1 is 1.36 bits per heavy atom. The summed E-state index contributed by atoms with van der Waals surface area (Å²) in [5, 5.41) is 17.8. The SMILES string of the molecule is CC1=C(C(=O)OCc2ccccc2)[C@@H](c2ccoc2)[C@@H](C#N)C(=N)S1. The molecule has 6 heteroatoms. The molecule has 1 aromatic heterocycles. The van der Waals surface area contributed by atoms with Crippen molar-refractivity contribution < 1.29 is 13.9 Å². The van der Waals surface area contributed by atoms with Crippen LogP contribution >= 0.6 is 11.8 Å².